The van der Waals surface area contributed by atoms with Crippen LogP contribution in [0.3, 0.4) is 0 Å². The monoisotopic (exact) mass is 779 g/mol. The largest absolute Gasteiger partial charge is 0.462 e. The van der Waals surface area contributed by atoms with Gasteiger partial charge in [-0.25, -0.2) is 0 Å². The minimum Gasteiger partial charge on any atom is -0.462 e. The SMILES string of the molecule is CCCCCCCCCCCCCCCCCCC(=O)OC[C@H](COC(=O)CCCCCCCCCCCCC)OC(=O)CCCCCCCCCCCC. The summed E-state index contributed by atoms with van der Waals surface area (Å²) in [6.45, 7) is 6.65. The second kappa shape index (κ2) is 45.1. The van der Waals surface area contributed by atoms with Crippen LogP contribution in [0.25, 0.3) is 0 Å². The standard InChI is InChI=1S/C49H94O6/c1-4-7-10-13-16-19-22-23-24-25-26-28-31-33-36-39-42-48(51)54-45-46(55-49(52)43-40-37-34-29-21-18-15-12-9-6-3)44-53-47(50)41-38-35-32-30-27-20-17-14-11-8-5-2/h46H,4-45H2,1-3H3/t46-/m0/s1. The van der Waals surface area contributed by atoms with Gasteiger partial charge in [-0.1, -0.05) is 239 Å². The van der Waals surface area contributed by atoms with Gasteiger partial charge < -0.3 is 14.2 Å². The molecule has 0 aromatic rings. The number of unbranched alkanes of at least 4 members (excludes halogenated alkanes) is 34. The molecule has 1 atom stereocenters. The first-order valence-corrected chi connectivity index (χ1v) is 24.5. The topological polar surface area (TPSA) is 78.9 Å². The number of rotatable bonds is 45. The first-order valence-electron chi connectivity index (χ1n) is 24.5. The van der Waals surface area contributed by atoms with E-state index in [1.807, 2.05) is 0 Å². The average Bonchev–Trinajstić information content (AvgIpc) is 3.18. The molecule has 0 aliphatic rings. The van der Waals surface area contributed by atoms with Crippen LogP contribution in [0.5, 0.6) is 0 Å². The van der Waals surface area contributed by atoms with Gasteiger partial charge in [0.15, 0.2) is 6.10 Å². The quantitative estimate of drug-likeness (QED) is 0.0348. The van der Waals surface area contributed by atoms with Crippen molar-refractivity contribution in [3.63, 3.8) is 0 Å². The third-order valence-electron chi connectivity index (χ3n) is 11.1. The maximum atomic E-state index is 12.7. The zero-order chi connectivity index (χ0) is 40.1. The van der Waals surface area contributed by atoms with Gasteiger partial charge in [0.2, 0.25) is 0 Å². The maximum absolute atomic E-state index is 12.7. The third kappa shape index (κ3) is 43.4. The van der Waals surface area contributed by atoms with Crippen LogP contribution in [0.15, 0.2) is 0 Å². The van der Waals surface area contributed by atoms with Crippen molar-refractivity contribution in [2.75, 3.05) is 13.2 Å². The zero-order valence-corrected chi connectivity index (χ0v) is 37.2. The zero-order valence-electron chi connectivity index (χ0n) is 37.2. The fourth-order valence-electron chi connectivity index (χ4n) is 7.38. The molecule has 0 saturated heterocycles. The van der Waals surface area contributed by atoms with Crippen LogP contribution >= 0.6 is 0 Å². The highest BCUT2D eigenvalue weighted by Gasteiger charge is 2.19. The highest BCUT2D eigenvalue weighted by atomic mass is 16.6. The molecule has 0 aromatic heterocycles. The molecule has 6 heteroatoms. The van der Waals surface area contributed by atoms with Crippen LogP contribution in [-0.4, -0.2) is 37.2 Å². The highest BCUT2D eigenvalue weighted by Crippen LogP contribution is 2.16. The first kappa shape index (κ1) is 53.4. The average molecular weight is 779 g/mol. The minimum atomic E-state index is -0.758. The summed E-state index contributed by atoms with van der Waals surface area (Å²) in [5, 5.41) is 0. The van der Waals surface area contributed by atoms with E-state index in [1.54, 1.807) is 0 Å². The smallest absolute Gasteiger partial charge is 0.306 e. The van der Waals surface area contributed by atoms with E-state index in [2.05, 4.69) is 20.8 Å². The van der Waals surface area contributed by atoms with Gasteiger partial charge in [-0.3, -0.25) is 14.4 Å². The number of hydrogen-bond acceptors (Lipinski definition) is 6. The molecule has 0 rings (SSSR count). The second-order valence-electron chi connectivity index (χ2n) is 16.7. The Kier molecular flexibility index (Phi) is 43.8. The van der Waals surface area contributed by atoms with E-state index in [0.29, 0.717) is 19.3 Å². The van der Waals surface area contributed by atoms with Crippen molar-refractivity contribution >= 4 is 17.9 Å². The Morgan fingerprint density at radius 2 is 0.491 bits per heavy atom. The second-order valence-corrected chi connectivity index (χ2v) is 16.7. The number of hydrogen-bond donors (Lipinski definition) is 0. The fourth-order valence-corrected chi connectivity index (χ4v) is 7.38. The molecule has 0 N–H and O–H groups in total. The van der Waals surface area contributed by atoms with E-state index in [-0.39, 0.29) is 31.1 Å². The van der Waals surface area contributed by atoms with Gasteiger partial charge in [0.25, 0.3) is 0 Å². The van der Waals surface area contributed by atoms with Crippen molar-refractivity contribution in [1.29, 1.82) is 0 Å². The van der Waals surface area contributed by atoms with E-state index in [4.69, 9.17) is 14.2 Å². The number of carbonyl (C=O) groups is 3. The predicted molar refractivity (Wildman–Crippen MR) is 233 cm³/mol. The molecule has 0 amide bonds. The summed E-state index contributed by atoms with van der Waals surface area (Å²) < 4.78 is 16.7. The molecule has 0 aromatic carbocycles. The van der Waals surface area contributed by atoms with E-state index in [9.17, 15) is 14.4 Å². The molecule has 0 heterocycles. The molecular formula is C49H94O6. The summed E-state index contributed by atoms with van der Waals surface area (Å²) in [4.78, 5) is 37.8. The van der Waals surface area contributed by atoms with Crippen molar-refractivity contribution in [2.45, 2.75) is 284 Å². The molecule has 0 aliphatic heterocycles. The summed E-state index contributed by atoms with van der Waals surface area (Å²) in [7, 11) is 0. The van der Waals surface area contributed by atoms with Crippen LogP contribution in [0, 0.1) is 0 Å². The molecule has 0 spiro atoms. The maximum Gasteiger partial charge on any atom is 0.306 e. The van der Waals surface area contributed by atoms with Crippen LogP contribution in [0.4, 0.5) is 0 Å². The van der Waals surface area contributed by atoms with Crippen LogP contribution in [-0.2, 0) is 28.6 Å². The Hall–Kier alpha value is -1.59. The summed E-state index contributed by atoms with van der Waals surface area (Å²) in [6, 6.07) is 0. The molecular weight excluding hydrogens is 685 g/mol. The third-order valence-corrected chi connectivity index (χ3v) is 11.1. The van der Waals surface area contributed by atoms with Crippen molar-refractivity contribution < 1.29 is 28.6 Å². The van der Waals surface area contributed by atoms with Gasteiger partial charge in [-0.2, -0.15) is 0 Å². The van der Waals surface area contributed by atoms with E-state index in [0.717, 1.165) is 57.8 Å². The van der Waals surface area contributed by atoms with Crippen molar-refractivity contribution in [1.82, 2.24) is 0 Å². The molecule has 6 nitrogen and oxygen atoms in total. The van der Waals surface area contributed by atoms with Gasteiger partial charge in [0.05, 0.1) is 0 Å². The van der Waals surface area contributed by atoms with E-state index >= 15 is 0 Å². The Morgan fingerprint density at radius 1 is 0.291 bits per heavy atom. The Bertz CT molecular complexity index is 813. The fraction of sp³-hybridized carbons (Fsp3) is 0.939. The highest BCUT2D eigenvalue weighted by molar-refractivity contribution is 5.71. The first-order chi connectivity index (χ1) is 27.0. The van der Waals surface area contributed by atoms with E-state index in [1.165, 1.54) is 180 Å². The summed E-state index contributed by atoms with van der Waals surface area (Å²) in [6.07, 6.45) is 46.5. The van der Waals surface area contributed by atoms with Gasteiger partial charge in [-0.05, 0) is 19.3 Å². The Balaban J connectivity index is 4.26. The van der Waals surface area contributed by atoms with Gasteiger partial charge >= 0.3 is 17.9 Å². The van der Waals surface area contributed by atoms with Crippen molar-refractivity contribution in [2.24, 2.45) is 0 Å². The lowest BCUT2D eigenvalue weighted by atomic mass is 10.0. The molecule has 0 fully saturated rings. The van der Waals surface area contributed by atoms with E-state index < -0.39 is 6.10 Å². The normalized spacial score (nSPS) is 11.8. The molecule has 326 valence electrons. The summed E-state index contributed by atoms with van der Waals surface area (Å²) >= 11 is 0. The number of esters is 3. The molecule has 0 radical (unpaired) electrons. The molecule has 0 bridgehead atoms. The lowest BCUT2D eigenvalue weighted by Gasteiger charge is -2.18. The van der Waals surface area contributed by atoms with Crippen LogP contribution in [0.1, 0.15) is 278 Å². The Labute approximate surface area is 342 Å². The molecule has 55 heavy (non-hydrogen) atoms. The van der Waals surface area contributed by atoms with Gasteiger partial charge in [0.1, 0.15) is 13.2 Å². The summed E-state index contributed by atoms with van der Waals surface area (Å²) in [5.41, 5.74) is 0. The molecule has 0 saturated carbocycles. The number of carbonyl (C=O) groups excluding carboxylic acids is 3. The minimum absolute atomic E-state index is 0.0623. The van der Waals surface area contributed by atoms with Gasteiger partial charge in [-0.15, -0.1) is 0 Å². The molecule has 0 aliphatic carbocycles. The van der Waals surface area contributed by atoms with Crippen LogP contribution in [0.2, 0.25) is 0 Å². The van der Waals surface area contributed by atoms with Gasteiger partial charge in [0, 0.05) is 19.3 Å². The number of ether oxygens (including phenoxy) is 3. The molecule has 0 unspecified atom stereocenters. The van der Waals surface area contributed by atoms with Crippen molar-refractivity contribution in [3.8, 4) is 0 Å². The van der Waals surface area contributed by atoms with Crippen LogP contribution < -0.4 is 0 Å². The predicted octanol–water partition coefficient (Wildman–Crippen LogP) is 15.6. The lowest BCUT2D eigenvalue weighted by Crippen LogP contribution is -2.30. The summed E-state index contributed by atoms with van der Waals surface area (Å²) in [5.74, 6) is -0.848. The Morgan fingerprint density at radius 3 is 0.727 bits per heavy atom. The van der Waals surface area contributed by atoms with Crippen molar-refractivity contribution in [3.05, 3.63) is 0 Å². The lowest BCUT2D eigenvalue weighted by molar-refractivity contribution is -0.167.